The molecule has 2 nitrogen and oxygen atoms in total. The minimum atomic E-state index is -3.20. The summed E-state index contributed by atoms with van der Waals surface area (Å²) in [4.78, 5) is 0. The van der Waals surface area contributed by atoms with E-state index in [-0.39, 0.29) is 29.8 Å². The molecule has 1 aromatic rings. The number of phenolic OH excluding ortho intramolecular Hbond substituents is 1. The summed E-state index contributed by atoms with van der Waals surface area (Å²) in [6, 6.07) is 3.52. The van der Waals surface area contributed by atoms with Crippen molar-refractivity contribution in [3.05, 3.63) is 34.9 Å². The molecule has 0 radical (unpaired) electrons. The van der Waals surface area contributed by atoms with E-state index in [0.29, 0.717) is 17.9 Å². The Balaban J connectivity index is 1.91. The first-order valence-corrected chi connectivity index (χ1v) is 10.3. The summed E-state index contributed by atoms with van der Waals surface area (Å²) in [6.07, 6.45) is 4.16. The van der Waals surface area contributed by atoms with Crippen molar-refractivity contribution in [1.82, 2.24) is 0 Å². The van der Waals surface area contributed by atoms with E-state index in [1.165, 1.54) is 19.3 Å². The van der Waals surface area contributed by atoms with Crippen LogP contribution in [0.2, 0.25) is 0 Å². The van der Waals surface area contributed by atoms with Crippen molar-refractivity contribution in [2.75, 3.05) is 0 Å². The number of ether oxygens (including phenoxy) is 1. The Morgan fingerprint density at radius 2 is 2.00 bits per heavy atom. The van der Waals surface area contributed by atoms with E-state index in [1.54, 1.807) is 12.1 Å². The van der Waals surface area contributed by atoms with Crippen LogP contribution in [0.1, 0.15) is 89.2 Å². The molecule has 4 unspecified atom stereocenters. The SMILES string of the molecule is CCCCCC(C)C(C)c1cc(O)c2c(c1)OC(F)(F)C1CC=C(C)CC21. The van der Waals surface area contributed by atoms with Crippen LogP contribution in [-0.2, 0) is 0 Å². The maximum Gasteiger partial charge on any atom is 0.401 e. The number of allylic oxidation sites excluding steroid dienone is 2. The van der Waals surface area contributed by atoms with Gasteiger partial charge in [0.2, 0.25) is 0 Å². The highest BCUT2D eigenvalue weighted by Crippen LogP contribution is 2.55. The molecule has 0 spiro atoms. The standard InChI is InChI=1S/C23H32F2O2/c1-5-6-7-8-15(3)16(4)17-12-20(26)22-18-11-14(2)9-10-19(18)23(24,25)27-21(22)13-17/h9,12-13,15-16,18-19,26H,5-8,10-11H2,1-4H3. The van der Waals surface area contributed by atoms with Crippen LogP contribution in [0, 0.1) is 11.8 Å². The van der Waals surface area contributed by atoms with Gasteiger partial charge in [-0.3, -0.25) is 0 Å². The maximum atomic E-state index is 14.6. The second-order valence-corrected chi connectivity index (χ2v) is 8.58. The number of hydrogen-bond donors (Lipinski definition) is 1. The Labute approximate surface area is 161 Å². The third kappa shape index (κ3) is 4.00. The fraction of sp³-hybridized carbons (Fsp3) is 0.652. The predicted octanol–water partition coefficient (Wildman–Crippen LogP) is 7.14. The molecule has 1 N–H and O–H groups in total. The van der Waals surface area contributed by atoms with Crippen LogP contribution in [0.5, 0.6) is 11.5 Å². The minimum absolute atomic E-state index is 0.107. The van der Waals surface area contributed by atoms with Gasteiger partial charge >= 0.3 is 6.11 Å². The van der Waals surface area contributed by atoms with Gasteiger partial charge in [0.1, 0.15) is 11.5 Å². The lowest BCUT2D eigenvalue weighted by Crippen LogP contribution is -2.43. The van der Waals surface area contributed by atoms with Crippen LogP contribution >= 0.6 is 0 Å². The zero-order valence-electron chi connectivity index (χ0n) is 16.9. The van der Waals surface area contributed by atoms with Gasteiger partial charge in [-0.1, -0.05) is 58.1 Å². The van der Waals surface area contributed by atoms with Gasteiger partial charge in [0.25, 0.3) is 0 Å². The summed E-state index contributed by atoms with van der Waals surface area (Å²) >= 11 is 0. The van der Waals surface area contributed by atoms with Gasteiger partial charge in [0.05, 0.1) is 5.92 Å². The fourth-order valence-corrected chi connectivity index (χ4v) is 4.61. The van der Waals surface area contributed by atoms with E-state index in [4.69, 9.17) is 4.74 Å². The second-order valence-electron chi connectivity index (χ2n) is 8.58. The molecule has 3 rings (SSSR count). The zero-order valence-corrected chi connectivity index (χ0v) is 16.9. The lowest BCUT2D eigenvalue weighted by Gasteiger charge is -2.41. The van der Waals surface area contributed by atoms with Crippen LogP contribution in [0.15, 0.2) is 23.8 Å². The van der Waals surface area contributed by atoms with Crippen LogP contribution in [0.4, 0.5) is 8.78 Å². The van der Waals surface area contributed by atoms with Crippen molar-refractivity contribution < 1.29 is 18.6 Å². The van der Waals surface area contributed by atoms with E-state index >= 15 is 0 Å². The molecule has 0 saturated carbocycles. The highest BCUT2D eigenvalue weighted by Gasteiger charge is 2.53. The molecule has 0 bridgehead atoms. The van der Waals surface area contributed by atoms with Gasteiger partial charge in [-0.25, -0.2) is 0 Å². The summed E-state index contributed by atoms with van der Waals surface area (Å²) < 4.78 is 34.4. The van der Waals surface area contributed by atoms with Gasteiger partial charge in [-0.2, -0.15) is 8.78 Å². The molecule has 1 aliphatic carbocycles. The highest BCUT2D eigenvalue weighted by molar-refractivity contribution is 5.53. The lowest BCUT2D eigenvalue weighted by molar-refractivity contribution is -0.230. The monoisotopic (exact) mass is 378 g/mol. The van der Waals surface area contributed by atoms with Crippen LogP contribution in [-0.4, -0.2) is 11.2 Å². The Bertz CT molecular complexity index is 711. The fourth-order valence-electron chi connectivity index (χ4n) is 4.61. The number of halogens is 2. The van der Waals surface area contributed by atoms with Gasteiger partial charge < -0.3 is 9.84 Å². The molecule has 0 aromatic heterocycles. The number of fused-ring (bicyclic) bond motifs is 3. The average molecular weight is 379 g/mol. The number of benzene rings is 1. The number of phenols is 1. The first-order chi connectivity index (χ1) is 12.7. The quantitative estimate of drug-likeness (QED) is 0.421. The van der Waals surface area contributed by atoms with Crippen molar-refractivity contribution in [3.8, 4) is 11.5 Å². The van der Waals surface area contributed by atoms with Crippen molar-refractivity contribution in [2.24, 2.45) is 11.8 Å². The van der Waals surface area contributed by atoms with Gasteiger partial charge in [-0.05, 0) is 49.3 Å². The van der Waals surface area contributed by atoms with Crippen molar-refractivity contribution in [2.45, 2.75) is 84.2 Å². The van der Waals surface area contributed by atoms with Crippen molar-refractivity contribution in [1.29, 1.82) is 0 Å². The third-order valence-electron chi connectivity index (χ3n) is 6.58. The molecule has 2 aliphatic rings. The number of hydrogen-bond acceptors (Lipinski definition) is 2. The number of alkyl halides is 2. The number of rotatable bonds is 6. The Kier molecular flexibility index (Phi) is 5.83. The molecule has 0 fully saturated rings. The molecule has 1 aromatic carbocycles. The number of aromatic hydroxyl groups is 1. The average Bonchev–Trinajstić information content (AvgIpc) is 2.59. The first-order valence-electron chi connectivity index (χ1n) is 10.3. The normalized spacial score (nSPS) is 25.6. The van der Waals surface area contributed by atoms with Crippen molar-refractivity contribution >= 4 is 0 Å². The van der Waals surface area contributed by atoms with Crippen LogP contribution < -0.4 is 4.74 Å². The number of unbranched alkanes of at least 4 members (excludes halogenated alkanes) is 2. The highest BCUT2D eigenvalue weighted by atomic mass is 19.3. The van der Waals surface area contributed by atoms with E-state index < -0.39 is 12.0 Å². The van der Waals surface area contributed by atoms with E-state index in [0.717, 1.165) is 17.6 Å². The molecule has 4 heteroatoms. The van der Waals surface area contributed by atoms with Crippen LogP contribution in [0.25, 0.3) is 0 Å². The molecule has 0 amide bonds. The van der Waals surface area contributed by atoms with Gasteiger partial charge in [0, 0.05) is 11.5 Å². The summed E-state index contributed by atoms with van der Waals surface area (Å²) in [6.45, 7) is 8.45. The van der Waals surface area contributed by atoms with Gasteiger partial charge in [0.15, 0.2) is 0 Å². The Morgan fingerprint density at radius 1 is 1.26 bits per heavy atom. The predicted molar refractivity (Wildman–Crippen MR) is 105 cm³/mol. The maximum absolute atomic E-state index is 14.6. The molecule has 1 heterocycles. The summed E-state index contributed by atoms with van der Waals surface area (Å²) in [5.74, 6) is -0.420. The minimum Gasteiger partial charge on any atom is -0.508 e. The summed E-state index contributed by atoms with van der Waals surface area (Å²) in [5.41, 5.74) is 2.54. The van der Waals surface area contributed by atoms with Crippen molar-refractivity contribution in [3.63, 3.8) is 0 Å². The van der Waals surface area contributed by atoms with Crippen LogP contribution in [0.3, 0.4) is 0 Å². The molecular weight excluding hydrogens is 346 g/mol. The third-order valence-corrected chi connectivity index (χ3v) is 6.58. The second kappa shape index (κ2) is 7.81. The van der Waals surface area contributed by atoms with Gasteiger partial charge in [-0.15, -0.1) is 0 Å². The molecule has 150 valence electrons. The molecule has 0 saturated heterocycles. The summed E-state index contributed by atoms with van der Waals surface area (Å²) in [7, 11) is 0. The largest absolute Gasteiger partial charge is 0.508 e. The zero-order chi connectivity index (χ0) is 19.8. The van der Waals surface area contributed by atoms with E-state index in [2.05, 4.69) is 20.8 Å². The lowest BCUT2D eigenvalue weighted by atomic mass is 9.72. The Hall–Kier alpha value is -1.58. The molecular formula is C23H32F2O2. The molecule has 1 aliphatic heterocycles. The molecule has 4 atom stereocenters. The topological polar surface area (TPSA) is 29.5 Å². The van der Waals surface area contributed by atoms with E-state index in [9.17, 15) is 13.9 Å². The molecule has 27 heavy (non-hydrogen) atoms. The Morgan fingerprint density at radius 3 is 2.70 bits per heavy atom. The van der Waals surface area contributed by atoms with E-state index in [1.807, 2.05) is 13.0 Å². The summed E-state index contributed by atoms with van der Waals surface area (Å²) in [5, 5.41) is 10.7. The first kappa shape index (κ1) is 20.2. The smallest absolute Gasteiger partial charge is 0.401 e.